The normalized spacial score (nSPS) is 14.7. The zero-order valence-electron chi connectivity index (χ0n) is 9.93. The Hall–Kier alpha value is -1.87. The van der Waals surface area contributed by atoms with Crippen LogP contribution in [0, 0.1) is 0 Å². The quantitative estimate of drug-likeness (QED) is 0.822. The molecule has 0 unspecified atom stereocenters. The number of hydrogen-bond donors (Lipinski definition) is 1. The number of fused-ring (bicyclic) bond motifs is 1. The van der Waals surface area contributed by atoms with Gasteiger partial charge in [-0.1, -0.05) is 24.8 Å². The monoisotopic (exact) mass is 256 g/mol. The van der Waals surface area contributed by atoms with Crippen molar-refractivity contribution < 1.29 is 9.59 Å². The van der Waals surface area contributed by atoms with Gasteiger partial charge in [-0.2, -0.15) is 0 Å². The van der Waals surface area contributed by atoms with E-state index >= 15 is 0 Å². The van der Waals surface area contributed by atoms with Crippen molar-refractivity contribution in [2.24, 2.45) is 0 Å². The summed E-state index contributed by atoms with van der Waals surface area (Å²) in [5.74, 6) is -0.347. The van der Waals surface area contributed by atoms with E-state index < -0.39 is 0 Å². The van der Waals surface area contributed by atoms with E-state index in [-0.39, 0.29) is 11.6 Å². The lowest BCUT2D eigenvalue weighted by Gasteiger charge is -2.14. The molecule has 0 radical (unpaired) electrons. The van der Waals surface area contributed by atoms with E-state index in [1.165, 1.54) is 12.2 Å². The smallest absolute Gasteiger partial charge is 0.193 e. The third kappa shape index (κ3) is 1.97. The minimum Gasteiger partial charge on any atom is -0.289 e. The molecule has 1 aliphatic rings. The Morgan fingerprint density at radius 3 is 2.56 bits per heavy atom. The second kappa shape index (κ2) is 4.78. The standard InChI is InChI=1S/C15H12O2S/c1-3-5-10-6-12-11(8-14(10)18)13(16)7-9(4-2)15(12)17/h3-8,18H,2H2,1H3. The van der Waals surface area contributed by atoms with Crippen molar-refractivity contribution in [3.05, 3.63) is 59.2 Å². The molecule has 2 rings (SSSR count). The zero-order chi connectivity index (χ0) is 13.3. The van der Waals surface area contributed by atoms with E-state index in [0.29, 0.717) is 21.6 Å². The van der Waals surface area contributed by atoms with Crippen molar-refractivity contribution in [2.45, 2.75) is 11.8 Å². The third-order valence-electron chi connectivity index (χ3n) is 2.79. The van der Waals surface area contributed by atoms with Crippen molar-refractivity contribution in [3.63, 3.8) is 0 Å². The highest BCUT2D eigenvalue weighted by Gasteiger charge is 2.24. The average Bonchev–Trinajstić information content (AvgIpc) is 2.35. The van der Waals surface area contributed by atoms with Gasteiger partial charge in [0.2, 0.25) is 0 Å². The van der Waals surface area contributed by atoms with Gasteiger partial charge >= 0.3 is 0 Å². The highest BCUT2D eigenvalue weighted by Crippen LogP contribution is 2.27. The van der Waals surface area contributed by atoms with E-state index in [4.69, 9.17) is 0 Å². The fourth-order valence-corrected chi connectivity index (χ4v) is 2.17. The van der Waals surface area contributed by atoms with E-state index in [9.17, 15) is 9.59 Å². The molecule has 2 nitrogen and oxygen atoms in total. The number of thiol groups is 1. The molecule has 0 N–H and O–H groups in total. The Bertz CT molecular complexity index is 622. The fraction of sp³-hybridized carbons (Fsp3) is 0.0667. The molecular formula is C15H12O2S. The number of allylic oxidation sites excluding steroid dienone is 4. The van der Waals surface area contributed by atoms with Gasteiger partial charge in [-0.05, 0) is 30.7 Å². The summed E-state index contributed by atoms with van der Waals surface area (Å²) >= 11 is 4.33. The molecule has 0 spiro atoms. The second-order valence-corrected chi connectivity index (χ2v) is 4.44. The van der Waals surface area contributed by atoms with Crippen LogP contribution in [0.4, 0.5) is 0 Å². The summed E-state index contributed by atoms with van der Waals surface area (Å²) in [6.07, 6.45) is 6.44. The molecule has 0 amide bonds. The Kier molecular flexibility index (Phi) is 3.34. The molecule has 1 aliphatic carbocycles. The molecule has 0 fully saturated rings. The van der Waals surface area contributed by atoms with Gasteiger partial charge < -0.3 is 0 Å². The predicted octanol–water partition coefficient (Wildman–Crippen LogP) is 3.50. The summed E-state index contributed by atoms with van der Waals surface area (Å²) in [5, 5.41) is 0. The van der Waals surface area contributed by atoms with Crippen LogP contribution in [0.5, 0.6) is 0 Å². The van der Waals surface area contributed by atoms with Crippen LogP contribution >= 0.6 is 12.6 Å². The Morgan fingerprint density at radius 2 is 1.94 bits per heavy atom. The van der Waals surface area contributed by atoms with Crippen molar-refractivity contribution in [3.8, 4) is 0 Å². The molecule has 0 aromatic heterocycles. The first kappa shape index (κ1) is 12.6. The number of Topliss-reactive ketones (excluding diaryl/α,β-unsaturated/α-hetero) is 1. The van der Waals surface area contributed by atoms with Gasteiger partial charge in [0.1, 0.15) is 0 Å². The maximum absolute atomic E-state index is 12.1. The highest BCUT2D eigenvalue weighted by molar-refractivity contribution is 7.80. The van der Waals surface area contributed by atoms with Crippen LogP contribution < -0.4 is 0 Å². The molecular weight excluding hydrogens is 244 g/mol. The molecule has 0 saturated carbocycles. The van der Waals surface area contributed by atoms with Crippen LogP contribution in [0.1, 0.15) is 33.2 Å². The highest BCUT2D eigenvalue weighted by atomic mass is 32.1. The van der Waals surface area contributed by atoms with E-state index in [1.807, 2.05) is 19.1 Å². The van der Waals surface area contributed by atoms with Crippen molar-refractivity contribution in [1.82, 2.24) is 0 Å². The van der Waals surface area contributed by atoms with Crippen LogP contribution in [-0.2, 0) is 0 Å². The Labute approximate surface area is 111 Å². The van der Waals surface area contributed by atoms with Crippen molar-refractivity contribution in [2.75, 3.05) is 0 Å². The maximum atomic E-state index is 12.1. The minimum absolute atomic E-state index is 0.168. The first-order valence-corrected chi connectivity index (χ1v) is 5.96. The van der Waals surface area contributed by atoms with Crippen LogP contribution in [0.25, 0.3) is 6.08 Å². The fourth-order valence-electron chi connectivity index (χ4n) is 1.90. The van der Waals surface area contributed by atoms with E-state index in [1.54, 1.807) is 12.1 Å². The lowest BCUT2D eigenvalue weighted by Crippen LogP contribution is -2.16. The summed E-state index contributed by atoms with van der Waals surface area (Å²) in [7, 11) is 0. The summed E-state index contributed by atoms with van der Waals surface area (Å²) in [6.45, 7) is 5.43. The van der Waals surface area contributed by atoms with E-state index in [0.717, 1.165) is 5.56 Å². The van der Waals surface area contributed by atoms with Gasteiger partial charge in [0.05, 0.1) is 0 Å². The number of carbonyl (C=O) groups is 2. The largest absolute Gasteiger partial charge is 0.289 e. The molecule has 0 heterocycles. The van der Waals surface area contributed by atoms with Gasteiger partial charge in [-0.15, -0.1) is 12.6 Å². The molecule has 0 bridgehead atoms. The van der Waals surface area contributed by atoms with Crippen LogP contribution in [0.3, 0.4) is 0 Å². The molecule has 0 saturated heterocycles. The van der Waals surface area contributed by atoms with Gasteiger partial charge in [0, 0.05) is 21.6 Å². The zero-order valence-corrected chi connectivity index (χ0v) is 10.8. The Balaban J connectivity index is 2.68. The third-order valence-corrected chi connectivity index (χ3v) is 3.18. The topological polar surface area (TPSA) is 34.1 Å². The predicted molar refractivity (Wildman–Crippen MR) is 75.3 cm³/mol. The van der Waals surface area contributed by atoms with Crippen LogP contribution in [0.2, 0.25) is 0 Å². The van der Waals surface area contributed by atoms with E-state index in [2.05, 4.69) is 19.2 Å². The van der Waals surface area contributed by atoms with Gasteiger partial charge in [0.15, 0.2) is 11.6 Å². The van der Waals surface area contributed by atoms with Crippen molar-refractivity contribution in [1.29, 1.82) is 0 Å². The summed E-state index contributed by atoms with van der Waals surface area (Å²) in [5.41, 5.74) is 1.99. The number of rotatable bonds is 2. The summed E-state index contributed by atoms with van der Waals surface area (Å²) < 4.78 is 0. The van der Waals surface area contributed by atoms with Crippen LogP contribution in [-0.4, -0.2) is 11.6 Å². The number of hydrogen-bond acceptors (Lipinski definition) is 3. The molecule has 18 heavy (non-hydrogen) atoms. The summed E-state index contributed by atoms with van der Waals surface area (Å²) in [6, 6.07) is 3.35. The minimum atomic E-state index is -0.179. The Morgan fingerprint density at radius 1 is 1.22 bits per heavy atom. The molecule has 0 aliphatic heterocycles. The summed E-state index contributed by atoms with van der Waals surface area (Å²) in [4.78, 5) is 24.7. The molecule has 0 atom stereocenters. The molecule has 90 valence electrons. The molecule has 3 heteroatoms. The maximum Gasteiger partial charge on any atom is 0.193 e. The average molecular weight is 256 g/mol. The molecule has 1 aromatic carbocycles. The first-order chi connectivity index (χ1) is 8.58. The van der Waals surface area contributed by atoms with Crippen molar-refractivity contribution >= 4 is 30.3 Å². The number of benzene rings is 1. The lowest BCUT2D eigenvalue weighted by molar-refractivity contribution is 0.0987. The number of carbonyl (C=O) groups excluding carboxylic acids is 2. The van der Waals surface area contributed by atoms with Gasteiger partial charge in [-0.25, -0.2) is 0 Å². The number of ketones is 2. The lowest BCUT2D eigenvalue weighted by atomic mass is 9.88. The molecule has 1 aromatic rings. The van der Waals surface area contributed by atoms with Crippen LogP contribution in [0.15, 0.2) is 47.4 Å². The van der Waals surface area contributed by atoms with Gasteiger partial charge in [0.25, 0.3) is 0 Å². The second-order valence-electron chi connectivity index (χ2n) is 3.95. The first-order valence-electron chi connectivity index (χ1n) is 5.51. The SMILES string of the molecule is C=CC1=CC(=O)c2cc(S)c(C=CC)cc2C1=O. The van der Waals surface area contributed by atoms with Gasteiger partial charge in [-0.3, -0.25) is 9.59 Å².